The summed E-state index contributed by atoms with van der Waals surface area (Å²) in [6.07, 6.45) is 5.43. The number of carboxylic acids is 1. The highest BCUT2D eigenvalue weighted by molar-refractivity contribution is 7.13. The fourth-order valence-corrected chi connectivity index (χ4v) is 5.23. The van der Waals surface area contributed by atoms with Crippen LogP contribution < -0.4 is 10.9 Å². The van der Waals surface area contributed by atoms with Crippen molar-refractivity contribution in [1.29, 1.82) is 0 Å². The van der Waals surface area contributed by atoms with Crippen LogP contribution in [0.1, 0.15) is 61.0 Å². The molecule has 3 aromatic heterocycles. The lowest BCUT2D eigenvalue weighted by Gasteiger charge is -2.24. The molecule has 3 rings (SSSR count). The zero-order valence-corrected chi connectivity index (χ0v) is 21.0. The lowest BCUT2D eigenvalue weighted by molar-refractivity contribution is -0.138. The molecule has 2 atom stereocenters. The van der Waals surface area contributed by atoms with Gasteiger partial charge in [0, 0.05) is 35.1 Å². The van der Waals surface area contributed by atoms with Crippen LogP contribution in [-0.4, -0.2) is 26.5 Å². The lowest BCUT2D eigenvalue weighted by atomic mass is 9.99. The smallest absolute Gasteiger partial charge is 0.305 e. The third kappa shape index (κ3) is 5.99. The molecule has 0 aliphatic heterocycles. The van der Waals surface area contributed by atoms with Crippen LogP contribution in [-0.2, 0) is 9.59 Å². The fourth-order valence-electron chi connectivity index (χ4n) is 4.09. The molecular weight excluding hydrogens is 450 g/mol. The van der Waals surface area contributed by atoms with Gasteiger partial charge < -0.3 is 15.0 Å². The van der Waals surface area contributed by atoms with Gasteiger partial charge in [0.2, 0.25) is 5.91 Å². The van der Waals surface area contributed by atoms with E-state index in [-0.39, 0.29) is 23.8 Å². The quantitative estimate of drug-likeness (QED) is 0.456. The molecule has 0 radical (unpaired) electrons. The first-order valence-electron chi connectivity index (χ1n) is 11.3. The van der Waals surface area contributed by atoms with Crippen LogP contribution in [0.3, 0.4) is 0 Å². The Morgan fingerprint density at radius 1 is 1.15 bits per heavy atom. The van der Waals surface area contributed by atoms with Crippen molar-refractivity contribution in [3.8, 4) is 10.4 Å². The van der Waals surface area contributed by atoms with Gasteiger partial charge >= 0.3 is 5.97 Å². The Morgan fingerprint density at radius 2 is 1.82 bits per heavy atom. The predicted molar refractivity (Wildman–Crippen MR) is 134 cm³/mol. The number of aromatic nitrogens is 2. The van der Waals surface area contributed by atoms with E-state index in [0.717, 1.165) is 32.7 Å². The molecule has 0 aliphatic rings. The zero-order chi connectivity index (χ0) is 25.0. The number of amides is 1. The summed E-state index contributed by atoms with van der Waals surface area (Å²) in [5.74, 6) is -1.22. The van der Waals surface area contributed by atoms with Crippen LogP contribution >= 0.6 is 11.3 Å². The average molecular weight is 482 g/mol. The lowest BCUT2D eigenvalue weighted by Crippen LogP contribution is -2.40. The van der Waals surface area contributed by atoms with Gasteiger partial charge in [0.15, 0.2) is 0 Å². The van der Waals surface area contributed by atoms with E-state index >= 15 is 0 Å². The Labute approximate surface area is 203 Å². The van der Waals surface area contributed by atoms with E-state index in [4.69, 9.17) is 0 Å². The van der Waals surface area contributed by atoms with Gasteiger partial charge in [-0.15, -0.1) is 11.3 Å². The Morgan fingerprint density at radius 3 is 2.41 bits per heavy atom. The summed E-state index contributed by atoms with van der Waals surface area (Å²) in [7, 11) is 0. The van der Waals surface area contributed by atoms with E-state index in [1.54, 1.807) is 24.7 Å². The Balaban J connectivity index is 1.94. The third-order valence-electron chi connectivity index (χ3n) is 5.73. The number of aryl methyl sites for hydroxylation is 3. The maximum Gasteiger partial charge on any atom is 0.305 e. The van der Waals surface area contributed by atoms with Gasteiger partial charge in [0.1, 0.15) is 6.04 Å². The molecule has 0 aromatic carbocycles. The third-order valence-corrected chi connectivity index (χ3v) is 6.69. The molecule has 7 nitrogen and oxygen atoms in total. The summed E-state index contributed by atoms with van der Waals surface area (Å²) >= 11 is 1.51. The number of aliphatic carboxylic acids is 1. The van der Waals surface area contributed by atoms with Crippen molar-refractivity contribution in [3.05, 3.63) is 74.8 Å². The molecule has 0 saturated heterocycles. The van der Waals surface area contributed by atoms with Crippen molar-refractivity contribution in [2.24, 2.45) is 5.92 Å². The highest BCUT2D eigenvalue weighted by atomic mass is 32.1. The molecular formula is C26H31N3O4S. The minimum absolute atomic E-state index is 0.160. The molecule has 0 saturated carbocycles. The molecule has 0 aliphatic carbocycles. The van der Waals surface area contributed by atoms with Gasteiger partial charge in [-0.2, -0.15) is 0 Å². The summed E-state index contributed by atoms with van der Waals surface area (Å²) in [6.45, 7) is 9.77. The van der Waals surface area contributed by atoms with Gasteiger partial charge in [0.05, 0.1) is 12.5 Å². The Hall–Kier alpha value is -3.26. The summed E-state index contributed by atoms with van der Waals surface area (Å²) in [5, 5.41) is 14.3. The molecule has 3 heterocycles. The SMILES string of the molecule is Cc1ccn([C@@H](CC(C)C)C(=O)N[C@@H](CC(=O)O)c2csc(-c3c(C)cncc3C)c2)c(=O)c1. The molecule has 2 N–H and O–H groups in total. The summed E-state index contributed by atoms with van der Waals surface area (Å²) in [4.78, 5) is 42.9. The first kappa shape index (κ1) is 25.4. The molecule has 3 aromatic rings. The second-order valence-corrected chi connectivity index (χ2v) is 10.1. The van der Waals surface area contributed by atoms with Crippen molar-refractivity contribution in [1.82, 2.24) is 14.9 Å². The van der Waals surface area contributed by atoms with E-state index in [9.17, 15) is 19.5 Å². The molecule has 180 valence electrons. The molecule has 0 spiro atoms. The van der Waals surface area contributed by atoms with Crippen molar-refractivity contribution >= 4 is 23.2 Å². The molecule has 8 heteroatoms. The van der Waals surface area contributed by atoms with Crippen LogP contribution in [0.5, 0.6) is 0 Å². The number of thiophene rings is 1. The highest BCUT2D eigenvalue weighted by Crippen LogP contribution is 2.35. The van der Waals surface area contributed by atoms with Gasteiger partial charge in [-0.25, -0.2) is 0 Å². The number of carbonyl (C=O) groups is 2. The molecule has 1 amide bonds. The van der Waals surface area contributed by atoms with Crippen molar-refractivity contribution < 1.29 is 14.7 Å². The number of hydrogen-bond acceptors (Lipinski definition) is 5. The van der Waals surface area contributed by atoms with E-state index in [0.29, 0.717) is 6.42 Å². The first-order chi connectivity index (χ1) is 16.1. The van der Waals surface area contributed by atoms with E-state index in [1.165, 1.54) is 22.0 Å². The normalized spacial score (nSPS) is 13.0. The number of carbonyl (C=O) groups excluding carboxylic acids is 1. The van der Waals surface area contributed by atoms with Crippen LogP contribution in [0.4, 0.5) is 0 Å². The number of carboxylic acid groups (broad SMARTS) is 1. The van der Waals surface area contributed by atoms with E-state index in [2.05, 4.69) is 10.3 Å². The van der Waals surface area contributed by atoms with E-state index < -0.39 is 18.1 Å². The Bertz CT molecular complexity index is 1220. The van der Waals surface area contributed by atoms with Crippen molar-refractivity contribution in [3.63, 3.8) is 0 Å². The number of pyridine rings is 2. The molecule has 0 fully saturated rings. The second kappa shape index (κ2) is 10.8. The largest absolute Gasteiger partial charge is 0.481 e. The topological polar surface area (TPSA) is 101 Å². The standard InChI is InChI=1S/C26H31N3O4S/c1-15(2)8-21(29-7-6-16(3)9-23(29)30)26(33)28-20(11-24(31)32)19-10-22(34-14-19)25-17(4)12-27-13-18(25)5/h6-7,9-10,12-15,20-21H,8,11H2,1-5H3,(H,28,33)(H,31,32)/t20-,21-/m0/s1. The second-order valence-electron chi connectivity index (χ2n) is 9.15. The maximum atomic E-state index is 13.4. The molecule has 0 unspecified atom stereocenters. The minimum Gasteiger partial charge on any atom is -0.481 e. The number of rotatable bonds is 9. The minimum atomic E-state index is -1.01. The van der Waals surface area contributed by atoms with Crippen LogP contribution in [0.25, 0.3) is 10.4 Å². The highest BCUT2D eigenvalue weighted by Gasteiger charge is 2.27. The van der Waals surface area contributed by atoms with E-state index in [1.807, 2.05) is 46.1 Å². The zero-order valence-electron chi connectivity index (χ0n) is 20.2. The number of nitrogens with one attached hydrogen (secondary N) is 1. The summed E-state index contributed by atoms with van der Waals surface area (Å²) < 4.78 is 1.43. The predicted octanol–water partition coefficient (Wildman–Crippen LogP) is 4.82. The number of nitrogens with zero attached hydrogens (tertiary/aromatic N) is 2. The van der Waals surface area contributed by atoms with Gasteiger partial charge in [-0.1, -0.05) is 13.8 Å². The Kier molecular flexibility index (Phi) is 8.04. The van der Waals surface area contributed by atoms with Crippen molar-refractivity contribution in [2.45, 2.75) is 59.5 Å². The monoisotopic (exact) mass is 481 g/mol. The summed E-state index contributed by atoms with van der Waals surface area (Å²) in [5.41, 5.74) is 4.42. The average Bonchev–Trinajstić information content (AvgIpc) is 3.21. The fraction of sp³-hybridized carbons (Fsp3) is 0.385. The summed E-state index contributed by atoms with van der Waals surface area (Å²) in [6, 6.07) is 3.78. The van der Waals surface area contributed by atoms with Crippen molar-refractivity contribution in [2.75, 3.05) is 0 Å². The van der Waals surface area contributed by atoms with Crippen LogP contribution in [0.2, 0.25) is 0 Å². The van der Waals surface area contributed by atoms with Crippen LogP contribution in [0.15, 0.2) is 47.0 Å². The first-order valence-corrected chi connectivity index (χ1v) is 12.2. The van der Waals surface area contributed by atoms with Gasteiger partial charge in [-0.05, 0) is 72.9 Å². The molecule has 34 heavy (non-hydrogen) atoms. The number of hydrogen-bond donors (Lipinski definition) is 2. The van der Waals surface area contributed by atoms with Gasteiger partial charge in [0.25, 0.3) is 5.56 Å². The molecule has 0 bridgehead atoms. The van der Waals surface area contributed by atoms with Crippen LogP contribution in [0, 0.1) is 26.7 Å². The van der Waals surface area contributed by atoms with Gasteiger partial charge in [-0.3, -0.25) is 19.4 Å². The maximum absolute atomic E-state index is 13.4.